The van der Waals surface area contributed by atoms with Gasteiger partial charge in [0.15, 0.2) is 0 Å². The van der Waals surface area contributed by atoms with Gasteiger partial charge in [0.05, 0.1) is 17.7 Å². The molecule has 32 heavy (non-hydrogen) atoms. The van der Waals surface area contributed by atoms with E-state index in [0.717, 1.165) is 55.0 Å². The Labute approximate surface area is 197 Å². The third kappa shape index (κ3) is 5.76. The van der Waals surface area contributed by atoms with Crippen LogP contribution in [0.15, 0.2) is 48.5 Å². The van der Waals surface area contributed by atoms with E-state index in [0.29, 0.717) is 23.6 Å². The molecule has 2 aromatic carbocycles. The number of rotatable bonds is 8. The SMILES string of the molecule is COc1cccc(Cc2nsc(N3CCN(CCNC(=O)c4ccccc4Cl)CC3)n2)c1. The molecular weight excluding hydrogens is 446 g/mol. The number of aromatic nitrogens is 2. The summed E-state index contributed by atoms with van der Waals surface area (Å²) >= 11 is 7.54. The van der Waals surface area contributed by atoms with E-state index in [1.54, 1.807) is 19.2 Å². The predicted octanol–water partition coefficient (Wildman–Crippen LogP) is 3.34. The molecule has 0 atom stereocenters. The van der Waals surface area contributed by atoms with Crippen molar-refractivity contribution < 1.29 is 9.53 Å². The number of anilines is 1. The maximum Gasteiger partial charge on any atom is 0.252 e. The van der Waals surface area contributed by atoms with Crippen molar-refractivity contribution in [3.8, 4) is 5.75 Å². The third-order valence-corrected chi connectivity index (χ3v) is 6.57. The molecule has 1 saturated heterocycles. The first kappa shape index (κ1) is 22.5. The maximum atomic E-state index is 12.3. The summed E-state index contributed by atoms with van der Waals surface area (Å²) in [5, 5.41) is 4.40. The van der Waals surface area contributed by atoms with Crippen LogP contribution in [0.25, 0.3) is 0 Å². The normalized spacial score (nSPS) is 14.4. The second kappa shape index (κ2) is 10.8. The number of carbonyl (C=O) groups excluding carboxylic acids is 1. The number of ether oxygens (including phenoxy) is 1. The van der Waals surface area contributed by atoms with Crippen molar-refractivity contribution in [2.24, 2.45) is 0 Å². The summed E-state index contributed by atoms with van der Waals surface area (Å²) in [5.74, 6) is 1.55. The number of halogens is 1. The third-order valence-electron chi connectivity index (χ3n) is 5.43. The van der Waals surface area contributed by atoms with E-state index in [4.69, 9.17) is 21.3 Å². The van der Waals surface area contributed by atoms with Gasteiger partial charge in [0.2, 0.25) is 5.13 Å². The Balaban J connectivity index is 1.22. The topological polar surface area (TPSA) is 70.6 Å². The van der Waals surface area contributed by atoms with Crippen molar-refractivity contribution in [2.75, 3.05) is 51.3 Å². The van der Waals surface area contributed by atoms with Gasteiger partial charge >= 0.3 is 0 Å². The van der Waals surface area contributed by atoms with E-state index >= 15 is 0 Å². The fourth-order valence-electron chi connectivity index (χ4n) is 3.64. The van der Waals surface area contributed by atoms with Crippen LogP contribution < -0.4 is 15.0 Å². The van der Waals surface area contributed by atoms with Crippen LogP contribution >= 0.6 is 23.1 Å². The van der Waals surface area contributed by atoms with Gasteiger partial charge in [0.25, 0.3) is 5.91 Å². The Kier molecular flexibility index (Phi) is 7.57. The molecule has 4 rings (SSSR count). The van der Waals surface area contributed by atoms with Crippen LogP contribution in [0.2, 0.25) is 5.02 Å². The fourth-order valence-corrected chi connectivity index (χ4v) is 4.60. The van der Waals surface area contributed by atoms with E-state index in [2.05, 4.69) is 25.6 Å². The zero-order chi connectivity index (χ0) is 22.3. The van der Waals surface area contributed by atoms with Gasteiger partial charge in [-0.25, -0.2) is 4.98 Å². The molecule has 1 aliphatic heterocycles. The predicted molar refractivity (Wildman–Crippen MR) is 128 cm³/mol. The first-order valence-corrected chi connectivity index (χ1v) is 11.7. The average Bonchev–Trinajstić information content (AvgIpc) is 3.28. The highest BCUT2D eigenvalue weighted by molar-refractivity contribution is 7.09. The van der Waals surface area contributed by atoms with Crippen LogP contribution in [-0.2, 0) is 6.42 Å². The number of nitrogens with zero attached hydrogens (tertiary/aromatic N) is 4. The molecule has 168 valence electrons. The number of amides is 1. The molecule has 1 aromatic heterocycles. The summed E-state index contributed by atoms with van der Waals surface area (Å²) in [6.45, 7) is 5.03. The minimum absolute atomic E-state index is 0.133. The van der Waals surface area contributed by atoms with E-state index in [1.807, 2.05) is 30.3 Å². The van der Waals surface area contributed by atoms with Gasteiger partial charge < -0.3 is 15.0 Å². The molecule has 0 aliphatic carbocycles. The minimum atomic E-state index is -0.133. The van der Waals surface area contributed by atoms with Crippen LogP contribution in [0.1, 0.15) is 21.7 Å². The summed E-state index contributed by atoms with van der Waals surface area (Å²) in [4.78, 5) is 21.6. The van der Waals surface area contributed by atoms with Crippen molar-refractivity contribution in [3.05, 3.63) is 70.5 Å². The van der Waals surface area contributed by atoms with Gasteiger partial charge in [-0.05, 0) is 29.8 Å². The van der Waals surface area contributed by atoms with Crippen molar-refractivity contribution in [3.63, 3.8) is 0 Å². The van der Waals surface area contributed by atoms with E-state index in [1.165, 1.54) is 11.5 Å². The number of hydrogen-bond acceptors (Lipinski definition) is 7. The highest BCUT2D eigenvalue weighted by Gasteiger charge is 2.20. The molecule has 0 unspecified atom stereocenters. The zero-order valence-electron chi connectivity index (χ0n) is 18.0. The van der Waals surface area contributed by atoms with E-state index in [9.17, 15) is 4.79 Å². The molecule has 0 bridgehead atoms. The lowest BCUT2D eigenvalue weighted by Crippen LogP contribution is -2.48. The minimum Gasteiger partial charge on any atom is -0.497 e. The number of nitrogens with one attached hydrogen (secondary N) is 1. The van der Waals surface area contributed by atoms with Crippen LogP contribution in [0, 0.1) is 0 Å². The molecule has 3 aromatic rings. The highest BCUT2D eigenvalue weighted by atomic mass is 35.5. The van der Waals surface area contributed by atoms with Crippen molar-refractivity contribution >= 4 is 34.2 Å². The zero-order valence-corrected chi connectivity index (χ0v) is 19.5. The summed E-state index contributed by atoms with van der Waals surface area (Å²) in [6.07, 6.45) is 0.693. The Morgan fingerprint density at radius 2 is 1.97 bits per heavy atom. The van der Waals surface area contributed by atoms with Gasteiger partial charge in [0, 0.05) is 57.2 Å². The maximum absolute atomic E-state index is 12.3. The van der Waals surface area contributed by atoms with Gasteiger partial charge in [-0.2, -0.15) is 4.37 Å². The molecule has 0 radical (unpaired) electrons. The second-order valence-corrected chi connectivity index (χ2v) is 8.72. The lowest BCUT2D eigenvalue weighted by molar-refractivity contribution is 0.0948. The number of hydrogen-bond donors (Lipinski definition) is 1. The quantitative estimate of drug-likeness (QED) is 0.543. The lowest BCUT2D eigenvalue weighted by atomic mass is 10.1. The smallest absolute Gasteiger partial charge is 0.252 e. The fraction of sp³-hybridized carbons (Fsp3) is 0.348. The van der Waals surface area contributed by atoms with Crippen LogP contribution in [0.4, 0.5) is 5.13 Å². The summed E-state index contributed by atoms with van der Waals surface area (Å²) in [6, 6.07) is 15.1. The Morgan fingerprint density at radius 1 is 1.16 bits per heavy atom. The van der Waals surface area contributed by atoms with Crippen LogP contribution in [-0.4, -0.2) is 66.5 Å². The average molecular weight is 472 g/mol. The van der Waals surface area contributed by atoms with Crippen LogP contribution in [0.3, 0.4) is 0 Å². The summed E-state index contributed by atoms with van der Waals surface area (Å²) < 4.78 is 9.83. The van der Waals surface area contributed by atoms with Crippen molar-refractivity contribution in [1.29, 1.82) is 0 Å². The Morgan fingerprint density at radius 3 is 2.75 bits per heavy atom. The van der Waals surface area contributed by atoms with Crippen molar-refractivity contribution in [2.45, 2.75) is 6.42 Å². The number of piperazine rings is 1. The van der Waals surface area contributed by atoms with Gasteiger partial charge in [-0.15, -0.1) is 0 Å². The summed E-state index contributed by atoms with van der Waals surface area (Å²) in [5.41, 5.74) is 1.65. The number of methoxy groups -OCH3 is 1. The molecule has 0 spiro atoms. The van der Waals surface area contributed by atoms with Gasteiger partial charge in [-0.1, -0.05) is 35.9 Å². The number of benzene rings is 2. The van der Waals surface area contributed by atoms with Crippen molar-refractivity contribution in [1.82, 2.24) is 19.6 Å². The Hall–Kier alpha value is -2.68. The molecule has 1 amide bonds. The second-order valence-electron chi connectivity index (χ2n) is 7.59. The molecule has 1 aliphatic rings. The highest BCUT2D eigenvalue weighted by Crippen LogP contribution is 2.21. The first-order valence-electron chi connectivity index (χ1n) is 10.6. The molecular formula is C23H26ClN5O2S. The monoisotopic (exact) mass is 471 g/mol. The lowest BCUT2D eigenvalue weighted by Gasteiger charge is -2.34. The molecule has 1 fully saturated rings. The standard InChI is InChI=1S/C23H26ClN5O2S/c1-31-18-6-4-5-17(15-18)16-21-26-23(32-27-21)29-13-11-28(12-14-29)10-9-25-22(30)19-7-2-3-8-20(19)24/h2-8,15H,9-14,16H2,1H3,(H,25,30). The first-order chi connectivity index (χ1) is 15.6. The molecule has 1 N–H and O–H groups in total. The number of carbonyl (C=O) groups is 1. The van der Waals surface area contributed by atoms with Gasteiger partial charge in [-0.3, -0.25) is 9.69 Å². The molecule has 2 heterocycles. The summed E-state index contributed by atoms with van der Waals surface area (Å²) in [7, 11) is 1.67. The molecule has 0 saturated carbocycles. The Bertz CT molecular complexity index is 1050. The molecule has 9 heteroatoms. The van der Waals surface area contributed by atoms with E-state index in [-0.39, 0.29) is 5.91 Å². The van der Waals surface area contributed by atoms with E-state index < -0.39 is 0 Å². The van der Waals surface area contributed by atoms with Gasteiger partial charge in [0.1, 0.15) is 11.6 Å². The molecule has 7 nitrogen and oxygen atoms in total. The largest absolute Gasteiger partial charge is 0.497 e. The van der Waals surface area contributed by atoms with Crippen LogP contribution in [0.5, 0.6) is 5.75 Å².